The van der Waals surface area contributed by atoms with Gasteiger partial charge in [-0.2, -0.15) is 5.10 Å². The van der Waals surface area contributed by atoms with Crippen molar-refractivity contribution < 1.29 is 14.1 Å². The third-order valence-corrected chi connectivity index (χ3v) is 4.38. The maximum Gasteiger partial charge on any atom is 0.231 e. The Morgan fingerprint density at radius 1 is 1.44 bits per heavy atom. The maximum absolute atomic E-state index is 12.4. The van der Waals surface area contributed by atoms with Crippen LogP contribution in [0.3, 0.4) is 0 Å². The minimum absolute atomic E-state index is 0.0394. The van der Waals surface area contributed by atoms with Crippen LogP contribution in [0, 0.1) is 5.92 Å². The van der Waals surface area contributed by atoms with Crippen LogP contribution in [0.15, 0.2) is 28.8 Å². The number of para-hydroxylation sites is 1. The summed E-state index contributed by atoms with van der Waals surface area (Å²) in [6, 6.07) is 7.41. The van der Waals surface area contributed by atoms with Crippen molar-refractivity contribution in [1.82, 2.24) is 14.9 Å². The van der Waals surface area contributed by atoms with E-state index in [9.17, 15) is 9.59 Å². The van der Waals surface area contributed by atoms with Gasteiger partial charge in [0.15, 0.2) is 11.4 Å². The summed E-state index contributed by atoms with van der Waals surface area (Å²) in [4.78, 5) is 24.3. The summed E-state index contributed by atoms with van der Waals surface area (Å²) in [5.74, 6) is 0.672. The number of carbonyl (C=O) groups is 2. The highest BCUT2D eigenvalue weighted by Gasteiger charge is 2.29. The largest absolute Gasteiger partial charge is 0.356 e. The second-order valence-corrected chi connectivity index (χ2v) is 6.24. The Hall–Kier alpha value is -3.16. The number of anilines is 2. The van der Waals surface area contributed by atoms with Gasteiger partial charge in [0.05, 0.1) is 6.42 Å². The lowest BCUT2D eigenvalue weighted by molar-refractivity contribution is -0.119. The van der Waals surface area contributed by atoms with Gasteiger partial charge in [-0.25, -0.2) is 0 Å². The number of aryl methyl sites for hydroxylation is 1. The summed E-state index contributed by atoms with van der Waals surface area (Å²) in [7, 11) is 1.73. The molecule has 3 aromatic rings. The lowest BCUT2D eigenvalue weighted by Gasteiger charge is -2.19. The number of aromatic nitrogens is 3. The molecule has 1 atom stereocenters. The van der Waals surface area contributed by atoms with Crippen LogP contribution in [0.4, 0.5) is 11.6 Å². The van der Waals surface area contributed by atoms with Crippen LogP contribution in [-0.4, -0.2) is 26.8 Å². The van der Waals surface area contributed by atoms with E-state index >= 15 is 0 Å². The zero-order valence-corrected chi connectivity index (χ0v) is 13.9. The van der Waals surface area contributed by atoms with E-state index in [0.717, 1.165) is 10.9 Å². The van der Waals surface area contributed by atoms with E-state index in [2.05, 4.69) is 20.9 Å². The molecule has 8 heteroatoms. The number of hydrogen-bond acceptors (Lipinski definition) is 5. The lowest BCUT2D eigenvalue weighted by Crippen LogP contribution is -2.28. The minimum atomic E-state index is -0.232. The first-order valence-corrected chi connectivity index (χ1v) is 8.03. The Morgan fingerprint density at radius 3 is 3.08 bits per heavy atom. The first-order valence-electron chi connectivity index (χ1n) is 8.03. The van der Waals surface area contributed by atoms with Gasteiger partial charge in [-0.1, -0.05) is 24.2 Å². The van der Waals surface area contributed by atoms with Gasteiger partial charge in [-0.3, -0.25) is 14.3 Å². The number of benzene rings is 1. The molecule has 4 rings (SSSR count). The second kappa shape index (κ2) is 5.73. The van der Waals surface area contributed by atoms with Crippen molar-refractivity contribution in [2.45, 2.75) is 19.8 Å². The van der Waals surface area contributed by atoms with Gasteiger partial charge >= 0.3 is 0 Å². The Morgan fingerprint density at radius 2 is 2.24 bits per heavy atom. The van der Waals surface area contributed by atoms with Crippen LogP contribution in [0.25, 0.3) is 11.0 Å². The number of fused-ring (bicyclic) bond motifs is 2. The van der Waals surface area contributed by atoms with Gasteiger partial charge in [-0.05, 0) is 18.6 Å². The highest BCUT2D eigenvalue weighted by atomic mass is 16.5. The van der Waals surface area contributed by atoms with E-state index in [1.54, 1.807) is 11.7 Å². The van der Waals surface area contributed by atoms with Gasteiger partial charge in [0.25, 0.3) is 0 Å². The standard InChI is InChI=1S/C17H17N5O3/c1-9-7-11-15(20-22(2)16(11)19-17(9)24)18-14(23)8-12-10-5-3-4-6-13(10)25-21-12/h3-6,9H,7-8H2,1-2H3,(H,19,24)(H,18,20,23). The zero-order valence-electron chi connectivity index (χ0n) is 13.9. The SMILES string of the molecule is CC1Cc2c(NC(=O)Cc3noc4ccccc34)nn(C)c2NC1=O. The van der Waals surface area contributed by atoms with Gasteiger partial charge in [0.2, 0.25) is 11.8 Å². The third kappa shape index (κ3) is 2.65. The quantitative estimate of drug-likeness (QED) is 0.758. The van der Waals surface area contributed by atoms with Crippen molar-refractivity contribution in [3.8, 4) is 0 Å². The summed E-state index contributed by atoms with van der Waals surface area (Å²) < 4.78 is 6.79. The van der Waals surface area contributed by atoms with E-state index in [1.807, 2.05) is 31.2 Å². The fourth-order valence-electron chi connectivity index (χ4n) is 3.05. The van der Waals surface area contributed by atoms with Crippen molar-refractivity contribution in [2.75, 3.05) is 10.6 Å². The van der Waals surface area contributed by atoms with Gasteiger partial charge in [-0.15, -0.1) is 0 Å². The van der Waals surface area contributed by atoms with Crippen LogP contribution in [0.2, 0.25) is 0 Å². The molecule has 0 fully saturated rings. The molecule has 2 amide bonds. The highest BCUT2D eigenvalue weighted by Crippen LogP contribution is 2.31. The molecule has 1 unspecified atom stereocenters. The average Bonchev–Trinajstić information content (AvgIpc) is 3.11. The molecule has 0 radical (unpaired) electrons. The van der Waals surface area contributed by atoms with E-state index in [1.165, 1.54) is 0 Å². The van der Waals surface area contributed by atoms with Crippen LogP contribution in [0.1, 0.15) is 18.2 Å². The lowest BCUT2D eigenvalue weighted by atomic mass is 9.98. The van der Waals surface area contributed by atoms with Crippen LogP contribution in [0.5, 0.6) is 0 Å². The topological polar surface area (TPSA) is 102 Å². The summed E-state index contributed by atoms with van der Waals surface area (Å²) in [6.45, 7) is 1.85. The number of amides is 2. The summed E-state index contributed by atoms with van der Waals surface area (Å²) in [5, 5.41) is 14.8. The summed E-state index contributed by atoms with van der Waals surface area (Å²) in [5.41, 5.74) is 2.07. The van der Waals surface area contributed by atoms with Crippen molar-refractivity contribution in [3.05, 3.63) is 35.5 Å². The fraction of sp³-hybridized carbons (Fsp3) is 0.294. The molecule has 128 valence electrons. The molecule has 25 heavy (non-hydrogen) atoms. The molecule has 0 saturated heterocycles. The highest BCUT2D eigenvalue weighted by molar-refractivity contribution is 5.99. The first kappa shape index (κ1) is 15.4. The normalized spacial score (nSPS) is 16.6. The molecular weight excluding hydrogens is 322 g/mol. The predicted molar refractivity (Wildman–Crippen MR) is 91.0 cm³/mol. The number of hydrogen-bond donors (Lipinski definition) is 2. The van der Waals surface area contributed by atoms with Gasteiger partial charge in [0, 0.05) is 23.9 Å². The summed E-state index contributed by atoms with van der Waals surface area (Å²) in [6.07, 6.45) is 0.627. The Labute approximate surface area is 143 Å². The fourth-order valence-corrected chi connectivity index (χ4v) is 3.05. The molecule has 2 N–H and O–H groups in total. The third-order valence-electron chi connectivity index (χ3n) is 4.38. The van der Waals surface area contributed by atoms with Crippen LogP contribution >= 0.6 is 0 Å². The minimum Gasteiger partial charge on any atom is -0.356 e. The molecule has 0 spiro atoms. The number of carbonyl (C=O) groups excluding carboxylic acids is 2. The Bertz CT molecular complexity index is 987. The molecule has 3 heterocycles. The van der Waals surface area contributed by atoms with Crippen molar-refractivity contribution >= 4 is 34.4 Å². The molecule has 1 aromatic carbocycles. The molecule has 1 aliphatic heterocycles. The zero-order chi connectivity index (χ0) is 17.6. The van der Waals surface area contributed by atoms with E-state index in [4.69, 9.17) is 4.52 Å². The Balaban J connectivity index is 1.56. The van der Waals surface area contributed by atoms with Gasteiger partial charge in [0.1, 0.15) is 11.5 Å². The second-order valence-electron chi connectivity index (χ2n) is 6.24. The van der Waals surface area contributed by atoms with E-state index in [0.29, 0.717) is 29.3 Å². The molecule has 0 saturated carbocycles. The van der Waals surface area contributed by atoms with E-state index in [-0.39, 0.29) is 24.2 Å². The van der Waals surface area contributed by atoms with Crippen molar-refractivity contribution in [2.24, 2.45) is 13.0 Å². The maximum atomic E-state index is 12.4. The van der Waals surface area contributed by atoms with E-state index < -0.39 is 0 Å². The molecular formula is C17H17N5O3. The van der Waals surface area contributed by atoms with Crippen LogP contribution in [-0.2, 0) is 29.5 Å². The average molecular weight is 339 g/mol. The number of nitrogens with one attached hydrogen (secondary N) is 2. The number of nitrogens with zero attached hydrogens (tertiary/aromatic N) is 3. The Kier molecular flexibility index (Phi) is 3.52. The summed E-state index contributed by atoms with van der Waals surface area (Å²) >= 11 is 0. The molecule has 2 aromatic heterocycles. The molecule has 0 aliphatic carbocycles. The molecule has 1 aliphatic rings. The monoisotopic (exact) mass is 339 g/mol. The predicted octanol–water partition coefficient (Wildman–Crippen LogP) is 1.87. The molecule has 0 bridgehead atoms. The smallest absolute Gasteiger partial charge is 0.231 e. The number of rotatable bonds is 3. The van der Waals surface area contributed by atoms with Crippen molar-refractivity contribution in [1.29, 1.82) is 0 Å². The molecule has 8 nitrogen and oxygen atoms in total. The van der Waals surface area contributed by atoms with Crippen LogP contribution < -0.4 is 10.6 Å². The first-order chi connectivity index (χ1) is 12.0. The van der Waals surface area contributed by atoms with Gasteiger partial charge < -0.3 is 15.2 Å². The van der Waals surface area contributed by atoms with Crippen molar-refractivity contribution in [3.63, 3.8) is 0 Å².